The molecule has 0 amide bonds. The van der Waals surface area contributed by atoms with Gasteiger partial charge in [0.1, 0.15) is 21.3 Å². The van der Waals surface area contributed by atoms with Gasteiger partial charge in [-0.1, -0.05) is 6.07 Å². The quantitative estimate of drug-likeness (QED) is 0.889. The molecule has 0 unspecified atom stereocenters. The van der Waals surface area contributed by atoms with Gasteiger partial charge in [0.2, 0.25) is 0 Å². The average Bonchev–Trinajstić information content (AvgIpc) is 2.46. The zero-order valence-corrected chi connectivity index (χ0v) is 12.7. The van der Waals surface area contributed by atoms with Crippen molar-refractivity contribution in [3.05, 3.63) is 23.8 Å². The summed E-state index contributed by atoms with van der Waals surface area (Å²) in [6.07, 6.45) is 1.36. The number of hydrogen-bond acceptors (Lipinski definition) is 5. The highest BCUT2D eigenvalue weighted by Crippen LogP contribution is 2.25. The zero-order valence-electron chi connectivity index (χ0n) is 11.9. The third-order valence-electron chi connectivity index (χ3n) is 3.63. The predicted molar refractivity (Wildman–Crippen MR) is 78.1 cm³/mol. The first-order valence-corrected chi connectivity index (χ1v) is 8.51. The first kappa shape index (κ1) is 15.1. The summed E-state index contributed by atoms with van der Waals surface area (Å²) in [5.74, 6) is 2.10. The highest BCUT2D eigenvalue weighted by molar-refractivity contribution is 7.91. The van der Waals surface area contributed by atoms with Crippen molar-refractivity contribution in [2.75, 3.05) is 25.7 Å². The Morgan fingerprint density at radius 2 is 1.90 bits per heavy atom. The van der Waals surface area contributed by atoms with E-state index in [0.29, 0.717) is 19.4 Å². The lowest BCUT2D eigenvalue weighted by Crippen LogP contribution is -2.37. The molecule has 1 N–H and O–H groups in total. The molecule has 1 aliphatic heterocycles. The van der Waals surface area contributed by atoms with Crippen molar-refractivity contribution in [2.45, 2.75) is 25.4 Å². The number of ether oxygens (including phenoxy) is 2. The molecule has 2 rings (SSSR count). The molecular formula is C14H21NO4S. The number of methoxy groups -OCH3 is 2. The topological polar surface area (TPSA) is 64.6 Å². The predicted octanol–water partition coefficient (Wildman–Crippen LogP) is 1.37. The summed E-state index contributed by atoms with van der Waals surface area (Å²) in [4.78, 5) is 0. The third kappa shape index (κ3) is 3.86. The monoisotopic (exact) mass is 299 g/mol. The van der Waals surface area contributed by atoms with Gasteiger partial charge in [-0.05, 0) is 18.9 Å². The van der Waals surface area contributed by atoms with Crippen LogP contribution in [0.25, 0.3) is 0 Å². The Morgan fingerprint density at radius 1 is 1.20 bits per heavy atom. The molecular weight excluding hydrogens is 278 g/mol. The van der Waals surface area contributed by atoms with E-state index in [9.17, 15) is 8.42 Å². The van der Waals surface area contributed by atoms with Gasteiger partial charge in [-0.2, -0.15) is 0 Å². The largest absolute Gasteiger partial charge is 0.497 e. The van der Waals surface area contributed by atoms with Crippen molar-refractivity contribution in [3.8, 4) is 11.5 Å². The second kappa shape index (κ2) is 6.45. The smallest absolute Gasteiger partial charge is 0.150 e. The molecule has 1 fully saturated rings. The normalized spacial score (nSPS) is 18.7. The van der Waals surface area contributed by atoms with Crippen LogP contribution in [0.2, 0.25) is 0 Å². The van der Waals surface area contributed by atoms with Crippen LogP contribution in [-0.4, -0.2) is 40.2 Å². The van der Waals surface area contributed by atoms with Crippen LogP contribution in [0.4, 0.5) is 0 Å². The standard InChI is InChI=1S/C14H21NO4S/c1-18-13-4-3-11(14(9-13)19-2)10-15-12-5-7-20(16,17)8-6-12/h3-4,9,12,15H,5-8,10H2,1-2H3. The molecule has 6 heteroatoms. The maximum Gasteiger partial charge on any atom is 0.150 e. The maximum atomic E-state index is 11.4. The van der Waals surface area contributed by atoms with Crippen LogP contribution in [0.1, 0.15) is 18.4 Å². The van der Waals surface area contributed by atoms with Crippen molar-refractivity contribution in [1.29, 1.82) is 0 Å². The van der Waals surface area contributed by atoms with Gasteiger partial charge in [0.05, 0.1) is 25.7 Å². The molecule has 1 aromatic carbocycles. The molecule has 112 valence electrons. The summed E-state index contributed by atoms with van der Waals surface area (Å²) < 4.78 is 33.3. The van der Waals surface area contributed by atoms with Crippen LogP contribution >= 0.6 is 0 Å². The number of nitrogens with one attached hydrogen (secondary N) is 1. The van der Waals surface area contributed by atoms with Crippen molar-refractivity contribution in [1.82, 2.24) is 5.32 Å². The van der Waals surface area contributed by atoms with Gasteiger partial charge in [0.15, 0.2) is 0 Å². The second-order valence-corrected chi connectivity index (χ2v) is 7.29. The fraction of sp³-hybridized carbons (Fsp3) is 0.571. The molecule has 1 heterocycles. The van der Waals surface area contributed by atoms with Crippen LogP contribution in [0.5, 0.6) is 11.5 Å². The van der Waals surface area contributed by atoms with Crippen LogP contribution in [0.15, 0.2) is 18.2 Å². The molecule has 1 aliphatic rings. The lowest BCUT2D eigenvalue weighted by molar-refractivity contribution is 0.386. The van der Waals surface area contributed by atoms with Gasteiger partial charge in [-0.15, -0.1) is 0 Å². The van der Waals surface area contributed by atoms with E-state index in [1.165, 1.54) is 0 Å². The van der Waals surface area contributed by atoms with Crippen molar-refractivity contribution < 1.29 is 17.9 Å². The average molecular weight is 299 g/mol. The second-order valence-electron chi connectivity index (χ2n) is 4.98. The van der Waals surface area contributed by atoms with Crippen molar-refractivity contribution in [3.63, 3.8) is 0 Å². The van der Waals surface area contributed by atoms with Gasteiger partial charge >= 0.3 is 0 Å². The molecule has 0 atom stereocenters. The Labute approximate surface area is 120 Å². The van der Waals surface area contributed by atoms with E-state index in [2.05, 4.69) is 5.32 Å². The number of rotatable bonds is 5. The summed E-state index contributed by atoms with van der Waals surface area (Å²) in [7, 11) is 0.449. The molecule has 0 saturated carbocycles. The molecule has 1 aromatic rings. The third-order valence-corrected chi connectivity index (χ3v) is 5.35. The highest BCUT2D eigenvalue weighted by atomic mass is 32.2. The number of sulfone groups is 1. The molecule has 0 aromatic heterocycles. The maximum absolute atomic E-state index is 11.4. The first-order chi connectivity index (χ1) is 9.54. The van der Waals surface area contributed by atoms with Gasteiger partial charge < -0.3 is 14.8 Å². The Bertz CT molecular complexity index is 542. The summed E-state index contributed by atoms with van der Waals surface area (Å²) in [5, 5.41) is 3.40. The first-order valence-electron chi connectivity index (χ1n) is 6.69. The van der Waals surface area contributed by atoms with E-state index >= 15 is 0 Å². The van der Waals surface area contributed by atoms with E-state index in [1.54, 1.807) is 14.2 Å². The van der Waals surface area contributed by atoms with E-state index in [-0.39, 0.29) is 17.5 Å². The summed E-state index contributed by atoms with van der Waals surface area (Å²) in [6.45, 7) is 0.665. The minimum absolute atomic E-state index is 0.255. The summed E-state index contributed by atoms with van der Waals surface area (Å²) in [5.41, 5.74) is 1.04. The Morgan fingerprint density at radius 3 is 2.50 bits per heavy atom. The molecule has 1 saturated heterocycles. The van der Waals surface area contributed by atoms with Crippen LogP contribution in [-0.2, 0) is 16.4 Å². The number of hydrogen-bond donors (Lipinski definition) is 1. The minimum Gasteiger partial charge on any atom is -0.497 e. The fourth-order valence-electron chi connectivity index (χ4n) is 2.35. The summed E-state index contributed by atoms with van der Waals surface area (Å²) in [6, 6.07) is 5.96. The Balaban J connectivity index is 1.94. The van der Waals surface area contributed by atoms with Crippen LogP contribution in [0, 0.1) is 0 Å². The van der Waals surface area contributed by atoms with E-state index in [1.807, 2.05) is 18.2 Å². The summed E-state index contributed by atoms with van der Waals surface area (Å²) >= 11 is 0. The van der Waals surface area contributed by atoms with Crippen molar-refractivity contribution >= 4 is 9.84 Å². The van der Waals surface area contributed by atoms with Gasteiger partial charge in [0.25, 0.3) is 0 Å². The molecule has 0 aliphatic carbocycles. The van der Waals surface area contributed by atoms with Crippen LogP contribution in [0.3, 0.4) is 0 Å². The Hall–Kier alpha value is -1.27. The van der Waals surface area contributed by atoms with Gasteiger partial charge in [-0.25, -0.2) is 8.42 Å². The van der Waals surface area contributed by atoms with Crippen LogP contribution < -0.4 is 14.8 Å². The lowest BCUT2D eigenvalue weighted by atomic mass is 10.1. The molecule has 0 bridgehead atoms. The van der Waals surface area contributed by atoms with Gasteiger partial charge in [-0.3, -0.25) is 0 Å². The molecule has 5 nitrogen and oxygen atoms in total. The zero-order chi connectivity index (χ0) is 14.6. The fourth-order valence-corrected chi connectivity index (χ4v) is 3.84. The number of benzene rings is 1. The minimum atomic E-state index is -2.80. The lowest BCUT2D eigenvalue weighted by Gasteiger charge is -2.23. The Kier molecular flexibility index (Phi) is 4.88. The van der Waals surface area contributed by atoms with Gasteiger partial charge in [0, 0.05) is 24.2 Å². The van der Waals surface area contributed by atoms with Crippen molar-refractivity contribution in [2.24, 2.45) is 0 Å². The molecule has 0 spiro atoms. The highest BCUT2D eigenvalue weighted by Gasteiger charge is 2.23. The SMILES string of the molecule is COc1ccc(CNC2CCS(=O)(=O)CC2)c(OC)c1. The van der Waals surface area contributed by atoms with E-state index < -0.39 is 9.84 Å². The molecule has 0 radical (unpaired) electrons. The molecule has 20 heavy (non-hydrogen) atoms. The van der Waals surface area contributed by atoms with E-state index in [4.69, 9.17) is 9.47 Å². The van der Waals surface area contributed by atoms with E-state index in [0.717, 1.165) is 17.1 Å².